The third-order valence-electron chi connectivity index (χ3n) is 4.57. The number of halogens is 1. The van der Waals surface area contributed by atoms with Crippen LogP contribution in [0, 0.1) is 17.7 Å². The number of methoxy groups -OCH3 is 1. The summed E-state index contributed by atoms with van der Waals surface area (Å²) < 4.78 is 43.9. The van der Waals surface area contributed by atoms with Crippen LogP contribution in [0.3, 0.4) is 0 Å². The van der Waals surface area contributed by atoms with Crippen LogP contribution in [0.5, 0.6) is 0 Å². The molecule has 1 fully saturated rings. The molecule has 1 saturated carbocycles. The number of carboxylic acid groups (broad SMARTS) is 1. The van der Waals surface area contributed by atoms with Crippen molar-refractivity contribution in [1.29, 1.82) is 0 Å². The van der Waals surface area contributed by atoms with Crippen molar-refractivity contribution in [2.24, 2.45) is 11.8 Å². The zero-order valence-electron chi connectivity index (χ0n) is 15.3. The van der Waals surface area contributed by atoms with Crippen LogP contribution in [0.4, 0.5) is 16.0 Å². The first-order valence-electron chi connectivity index (χ1n) is 8.17. The second kappa shape index (κ2) is 7.75. The van der Waals surface area contributed by atoms with Crippen LogP contribution in [0.2, 0.25) is 0 Å². The van der Waals surface area contributed by atoms with E-state index in [0.29, 0.717) is 35.8 Å². The first kappa shape index (κ1) is 20.4. The van der Waals surface area contributed by atoms with Crippen molar-refractivity contribution >= 4 is 27.6 Å². The Morgan fingerprint density at radius 2 is 2.12 bits per heavy atom. The van der Waals surface area contributed by atoms with Crippen molar-refractivity contribution < 1.29 is 27.4 Å². The largest absolute Gasteiger partial charge is 0.478 e. The van der Waals surface area contributed by atoms with E-state index in [4.69, 9.17) is 4.74 Å². The molecule has 1 aromatic heterocycles. The summed E-state index contributed by atoms with van der Waals surface area (Å²) in [4.78, 5) is 17.4. The monoisotopic (exact) mass is 389 g/mol. The van der Waals surface area contributed by atoms with Gasteiger partial charge < -0.3 is 14.7 Å². The quantitative estimate of drug-likeness (QED) is 0.682. The first-order valence-corrected chi connectivity index (χ1v) is 10.0. The van der Waals surface area contributed by atoms with E-state index >= 15 is 0 Å². The van der Waals surface area contributed by atoms with Gasteiger partial charge in [-0.25, -0.2) is 22.6 Å². The van der Waals surface area contributed by atoms with Gasteiger partial charge in [0.1, 0.15) is 11.4 Å². The maximum atomic E-state index is 14.5. The fourth-order valence-corrected chi connectivity index (χ4v) is 3.06. The van der Waals surface area contributed by atoms with Gasteiger partial charge in [-0.2, -0.15) is 0 Å². The van der Waals surface area contributed by atoms with E-state index in [1.165, 1.54) is 0 Å². The van der Waals surface area contributed by atoms with Crippen LogP contribution < -0.4 is 9.21 Å². The molecule has 1 aliphatic rings. The van der Waals surface area contributed by atoms with Crippen LogP contribution >= 0.6 is 0 Å². The van der Waals surface area contributed by atoms with Crippen LogP contribution in [-0.2, 0) is 14.8 Å². The summed E-state index contributed by atoms with van der Waals surface area (Å²) in [5.74, 6) is -2.00. The van der Waals surface area contributed by atoms with Crippen molar-refractivity contribution in [3.63, 3.8) is 0 Å². The predicted octanol–water partition coefficient (Wildman–Crippen LogP) is 1.42. The fourth-order valence-electron chi connectivity index (χ4n) is 2.62. The maximum absolute atomic E-state index is 14.5. The molecule has 2 rings (SSSR count). The lowest BCUT2D eigenvalue weighted by Gasteiger charge is -2.26. The van der Waals surface area contributed by atoms with Crippen LogP contribution in [0.25, 0.3) is 0 Å². The molecule has 0 saturated heterocycles. The second-order valence-electron chi connectivity index (χ2n) is 6.61. The standard InChI is InChI=1S/C16H24FN3O5S/c1-10-7-11(10)9-20(5-6-25-3)13-8-12(16(21)22)14(17)15(18-13)19(2)26(4,23)24/h8,10-11H,5-7,9H2,1-4H3,(H,21,22)/t10-,11+/m1/s1. The normalized spacial score (nSPS) is 19.3. The van der Waals surface area contributed by atoms with Crippen molar-refractivity contribution in [3.8, 4) is 0 Å². The fraction of sp³-hybridized carbons (Fsp3) is 0.625. The molecule has 2 atom stereocenters. The van der Waals surface area contributed by atoms with Crippen molar-refractivity contribution in [2.75, 3.05) is 49.3 Å². The minimum absolute atomic E-state index is 0.213. The number of carbonyl (C=O) groups is 1. The zero-order valence-corrected chi connectivity index (χ0v) is 16.1. The van der Waals surface area contributed by atoms with E-state index in [1.807, 2.05) is 4.90 Å². The number of ether oxygens (including phenoxy) is 1. The summed E-state index contributed by atoms with van der Waals surface area (Å²) >= 11 is 0. The highest BCUT2D eigenvalue weighted by molar-refractivity contribution is 7.92. The van der Waals surface area contributed by atoms with Crippen LogP contribution in [0.1, 0.15) is 23.7 Å². The van der Waals surface area contributed by atoms with Crippen LogP contribution in [0.15, 0.2) is 6.07 Å². The first-order chi connectivity index (χ1) is 12.1. The number of carboxylic acids is 1. The van der Waals surface area contributed by atoms with Gasteiger partial charge in [-0.05, 0) is 24.3 Å². The zero-order chi connectivity index (χ0) is 19.6. The number of nitrogens with zero attached hydrogens (tertiary/aromatic N) is 3. The smallest absolute Gasteiger partial charge is 0.338 e. The number of hydrogen-bond acceptors (Lipinski definition) is 6. The van der Waals surface area contributed by atoms with E-state index < -0.39 is 33.2 Å². The molecule has 0 bridgehead atoms. The average Bonchev–Trinajstić information content (AvgIpc) is 3.24. The highest BCUT2D eigenvalue weighted by Crippen LogP contribution is 2.39. The summed E-state index contributed by atoms with van der Waals surface area (Å²) in [5.41, 5.74) is -0.619. The van der Waals surface area contributed by atoms with E-state index in [9.17, 15) is 22.7 Å². The van der Waals surface area contributed by atoms with Crippen molar-refractivity contribution in [3.05, 3.63) is 17.4 Å². The molecule has 8 nitrogen and oxygen atoms in total. The topological polar surface area (TPSA) is 100 Å². The highest BCUT2D eigenvalue weighted by atomic mass is 32.2. The van der Waals surface area contributed by atoms with Crippen molar-refractivity contribution in [1.82, 2.24) is 4.98 Å². The van der Waals surface area contributed by atoms with Gasteiger partial charge in [-0.1, -0.05) is 6.92 Å². The summed E-state index contributed by atoms with van der Waals surface area (Å²) in [5, 5.41) is 9.31. The number of aromatic carboxylic acids is 1. The molecule has 1 aliphatic carbocycles. The Morgan fingerprint density at radius 3 is 2.58 bits per heavy atom. The Hall–Kier alpha value is -1.94. The molecule has 0 aromatic carbocycles. The molecule has 1 N–H and O–H groups in total. The molecule has 0 spiro atoms. The lowest BCUT2D eigenvalue weighted by Crippen LogP contribution is -2.33. The van der Waals surface area contributed by atoms with Crippen LogP contribution in [-0.4, -0.2) is 64.6 Å². The third-order valence-corrected chi connectivity index (χ3v) is 5.74. The Kier molecular flexibility index (Phi) is 6.07. The van der Waals surface area contributed by atoms with Gasteiger partial charge in [0.05, 0.1) is 12.9 Å². The predicted molar refractivity (Wildman–Crippen MR) is 95.8 cm³/mol. The van der Waals surface area contributed by atoms with E-state index in [2.05, 4.69) is 11.9 Å². The molecule has 1 aromatic rings. The molecule has 0 unspecified atom stereocenters. The number of anilines is 2. The lowest BCUT2D eigenvalue weighted by molar-refractivity contribution is 0.0691. The molecule has 0 radical (unpaired) electrons. The van der Waals surface area contributed by atoms with E-state index in [-0.39, 0.29) is 5.82 Å². The molecule has 1 heterocycles. The summed E-state index contributed by atoms with van der Waals surface area (Å²) in [7, 11) is -1.12. The van der Waals surface area contributed by atoms with Gasteiger partial charge in [-0.3, -0.25) is 4.31 Å². The van der Waals surface area contributed by atoms with Gasteiger partial charge in [-0.15, -0.1) is 0 Å². The van der Waals surface area contributed by atoms with Gasteiger partial charge in [0.2, 0.25) is 10.0 Å². The lowest BCUT2D eigenvalue weighted by atomic mass is 10.2. The average molecular weight is 389 g/mol. The van der Waals surface area contributed by atoms with E-state index in [0.717, 1.165) is 25.8 Å². The van der Waals surface area contributed by atoms with Gasteiger partial charge >= 0.3 is 5.97 Å². The molecular formula is C16H24FN3O5S. The Morgan fingerprint density at radius 1 is 1.50 bits per heavy atom. The third kappa shape index (κ3) is 4.61. The minimum Gasteiger partial charge on any atom is -0.478 e. The Balaban J connectivity index is 2.50. The molecule has 146 valence electrons. The Labute approximate surface area is 152 Å². The molecule has 0 amide bonds. The summed E-state index contributed by atoms with van der Waals surface area (Å²) in [6.07, 6.45) is 1.95. The number of rotatable bonds is 9. The Bertz CT molecular complexity index is 786. The highest BCUT2D eigenvalue weighted by Gasteiger charge is 2.35. The van der Waals surface area contributed by atoms with Gasteiger partial charge in [0.15, 0.2) is 11.6 Å². The second-order valence-corrected chi connectivity index (χ2v) is 8.63. The summed E-state index contributed by atoms with van der Waals surface area (Å²) in [6.45, 7) is 3.53. The SMILES string of the molecule is COCCN(C[C@@H]1C[C@H]1C)c1cc(C(=O)O)c(F)c(N(C)S(C)(=O)=O)n1. The van der Waals surface area contributed by atoms with Crippen molar-refractivity contribution in [2.45, 2.75) is 13.3 Å². The number of aromatic nitrogens is 1. The van der Waals surface area contributed by atoms with Gasteiger partial charge in [0, 0.05) is 27.2 Å². The van der Waals surface area contributed by atoms with Gasteiger partial charge in [0.25, 0.3) is 0 Å². The molecule has 10 heteroatoms. The number of sulfonamides is 1. The molecular weight excluding hydrogens is 365 g/mol. The summed E-state index contributed by atoms with van der Waals surface area (Å²) in [6, 6.07) is 1.14. The molecule has 0 aliphatic heterocycles. The molecule has 26 heavy (non-hydrogen) atoms. The maximum Gasteiger partial charge on any atom is 0.338 e. The number of hydrogen-bond donors (Lipinski definition) is 1. The van der Waals surface area contributed by atoms with E-state index in [1.54, 1.807) is 7.11 Å². The minimum atomic E-state index is -3.81. The number of pyridine rings is 1.